The molecule has 0 bridgehead atoms. The summed E-state index contributed by atoms with van der Waals surface area (Å²) >= 11 is 0. The van der Waals surface area contributed by atoms with Crippen molar-refractivity contribution < 1.29 is 129 Å². The predicted molar refractivity (Wildman–Crippen MR) is 250 cm³/mol. The quantitative estimate of drug-likeness (QED) is 0.0754. The molecular formula is C44H84O27. The Morgan fingerprint density at radius 1 is 0.366 bits per heavy atom. The van der Waals surface area contributed by atoms with Crippen LogP contribution in [0.2, 0.25) is 0 Å². The molecule has 422 valence electrons. The average molecular weight is 1050 g/mol. The second-order valence-corrected chi connectivity index (χ2v) is 12.6. The third kappa shape index (κ3) is 64.3. The number of esters is 1. The van der Waals surface area contributed by atoms with E-state index < -0.39 is 55.1 Å². The van der Waals surface area contributed by atoms with Gasteiger partial charge < -0.3 is 80.9 Å². The lowest BCUT2D eigenvalue weighted by atomic mass is 10.4. The summed E-state index contributed by atoms with van der Waals surface area (Å²) in [7, 11) is 5.77. The van der Waals surface area contributed by atoms with Gasteiger partial charge in [0.15, 0.2) is 61.8 Å². The molecule has 27 heteroatoms. The number of carbonyl (C=O) groups is 10. The topological polar surface area (TPSA) is 339 Å². The number of carbonyl (C=O) groups excluding carboxylic acids is 10. The second-order valence-electron chi connectivity index (χ2n) is 12.6. The molecular weight excluding hydrogens is 960 g/mol. The molecule has 0 saturated carbocycles. The third-order valence-corrected chi connectivity index (χ3v) is 6.06. The highest BCUT2D eigenvalue weighted by molar-refractivity contribution is 5.80. The third-order valence-electron chi connectivity index (χ3n) is 6.06. The molecule has 0 aromatic heterocycles. The minimum absolute atomic E-state index is 0. The average Bonchev–Trinajstić information content (AvgIpc) is 3.26. The van der Waals surface area contributed by atoms with Gasteiger partial charge in [0.1, 0.15) is 38.6 Å². The van der Waals surface area contributed by atoms with Crippen molar-refractivity contribution in [3.05, 3.63) is 0 Å². The molecule has 0 aliphatic rings. The molecule has 0 radical (unpaired) electrons. The fourth-order valence-electron chi connectivity index (χ4n) is 3.42. The van der Waals surface area contributed by atoms with Crippen molar-refractivity contribution in [1.29, 1.82) is 0 Å². The molecule has 0 aromatic rings. The lowest BCUT2D eigenvalue weighted by molar-refractivity contribution is -0.154. The van der Waals surface area contributed by atoms with Gasteiger partial charge in [-0.2, -0.15) is 0 Å². The predicted octanol–water partition coefficient (Wildman–Crippen LogP) is 4.67. The van der Waals surface area contributed by atoms with Crippen LogP contribution in [0.4, 0.5) is 24.0 Å². The van der Waals surface area contributed by atoms with Crippen LogP contribution in [0.15, 0.2) is 0 Å². The van der Waals surface area contributed by atoms with Crippen LogP contribution in [0.3, 0.4) is 0 Å². The SMILES string of the molecule is C.C.C.C.CCC(=O)OC(COC)COC(=O)OCC(C)=O.CCOC(=O)OC(COC)COC(=O)OCC(C)=O.CCOC(COC)COC(=O)OCC(C)=O.COCC(O)COC(=O)OCC(C)=O. The summed E-state index contributed by atoms with van der Waals surface area (Å²) in [5.74, 6) is -1.54. The summed E-state index contributed by atoms with van der Waals surface area (Å²) in [5, 5.41) is 9.05. The molecule has 0 spiro atoms. The van der Waals surface area contributed by atoms with Gasteiger partial charge in [0.25, 0.3) is 0 Å². The number of ether oxygens (including phenoxy) is 16. The van der Waals surface area contributed by atoms with Gasteiger partial charge in [0, 0.05) is 41.5 Å². The Hall–Kier alpha value is -5.74. The summed E-state index contributed by atoms with van der Waals surface area (Å²) < 4.78 is 75.0. The number of hydrogen-bond acceptors (Lipinski definition) is 27. The van der Waals surface area contributed by atoms with Crippen molar-refractivity contribution in [2.24, 2.45) is 0 Å². The van der Waals surface area contributed by atoms with Gasteiger partial charge in [-0.15, -0.1) is 0 Å². The van der Waals surface area contributed by atoms with E-state index in [2.05, 4.69) is 42.6 Å². The lowest BCUT2D eigenvalue weighted by Crippen LogP contribution is -2.30. The van der Waals surface area contributed by atoms with Crippen LogP contribution < -0.4 is 0 Å². The maximum atomic E-state index is 11.1. The van der Waals surface area contributed by atoms with Crippen LogP contribution in [0, 0.1) is 0 Å². The van der Waals surface area contributed by atoms with Crippen molar-refractivity contribution in [2.45, 2.75) is 109 Å². The first-order valence-electron chi connectivity index (χ1n) is 20.1. The van der Waals surface area contributed by atoms with Crippen LogP contribution >= 0.6 is 0 Å². The van der Waals surface area contributed by atoms with Crippen LogP contribution in [0.1, 0.15) is 84.6 Å². The largest absolute Gasteiger partial charge is 0.508 e. The zero-order chi connectivity index (χ0) is 52.0. The van der Waals surface area contributed by atoms with Crippen LogP contribution in [-0.4, -0.2) is 210 Å². The number of aliphatic hydroxyl groups excluding tert-OH is 1. The molecule has 27 nitrogen and oxygen atoms in total. The van der Waals surface area contributed by atoms with Crippen molar-refractivity contribution in [3.8, 4) is 0 Å². The molecule has 1 N–H and O–H groups in total. The zero-order valence-electron chi connectivity index (χ0n) is 40.0. The maximum Gasteiger partial charge on any atom is 0.508 e. The summed E-state index contributed by atoms with van der Waals surface area (Å²) in [4.78, 5) is 108. The van der Waals surface area contributed by atoms with E-state index in [1.807, 2.05) is 6.92 Å². The van der Waals surface area contributed by atoms with Gasteiger partial charge in [0.2, 0.25) is 0 Å². The standard InChI is InChI=1S/C11H18O8.C11H18O7.C10H18O6.C8H14O6.4CH4/c1-4-16-11(14)19-9(6-15-3)7-18-10(13)17-5-8(2)12;1-4-10(13)18-9(6-15-3)7-17-11(14)16-5-8(2)12;1-4-14-9(6-13-3)7-16-10(12)15-5-8(2)11;1-6(9)3-13-8(11)14-5-7(10)4-12-2;;;;/h9H,4-7H2,1-3H3;9H,4-7H2,1-3H3;9H,4-7H2,1-3H3;7,10H,3-5H2,1-2H3;4*1H4. The second kappa shape index (κ2) is 56.8. The number of methoxy groups -OCH3 is 4. The molecule has 0 aliphatic carbocycles. The summed E-state index contributed by atoms with van der Waals surface area (Å²) in [6.07, 6.45) is -7.24. The van der Waals surface area contributed by atoms with Gasteiger partial charge in [-0.3, -0.25) is 24.0 Å². The molecule has 4 atom stereocenters. The summed E-state index contributed by atoms with van der Waals surface area (Å²) in [5.41, 5.74) is 0. The van der Waals surface area contributed by atoms with E-state index in [0.29, 0.717) is 13.2 Å². The first-order valence-corrected chi connectivity index (χ1v) is 20.1. The fourth-order valence-corrected chi connectivity index (χ4v) is 3.42. The van der Waals surface area contributed by atoms with E-state index in [-0.39, 0.29) is 145 Å². The highest BCUT2D eigenvalue weighted by atomic mass is 16.8. The Morgan fingerprint density at radius 3 is 0.972 bits per heavy atom. The van der Waals surface area contributed by atoms with E-state index >= 15 is 0 Å². The van der Waals surface area contributed by atoms with Gasteiger partial charge in [-0.05, 0) is 41.5 Å². The fraction of sp³-hybridized carbons (Fsp3) is 0.773. The molecule has 71 heavy (non-hydrogen) atoms. The van der Waals surface area contributed by atoms with E-state index in [9.17, 15) is 47.9 Å². The van der Waals surface area contributed by atoms with Gasteiger partial charge in [-0.1, -0.05) is 36.6 Å². The summed E-state index contributed by atoms with van der Waals surface area (Å²) in [6.45, 7) is 9.52. The number of rotatable bonds is 30. The Balaban J connectivity index is -0.000000123. The smallest absolute Gasteiger partial charge is 0.456 e. The monoisotopic (exact) mass is 1040 g/mol. The molecule has 0 rings (SSSR count). The Morgan fingerprint density at radius 2 is 0.676 bits per heavy atom. The summed E-state index contributed by atoms with van der Waals surface area (Å²) in [6, 6.07) is 0. The first-order chi connectivity index (χ1) is 31.6. The lowest BCUT2D eigenvalue weighted by Gasteiger charge is -2.16. The van der Waals surface area contributed by atoms with Gasteiger partial charge in [-0.25, -0.2) is 24.0 Å². The van der Waals surface area contributed by atoms with E-state index in [4.69, 9.17) is 38.3 Å². The van der Waals surface area contributed by atoms with Gasteiger partial charge in [0.05, 0.1) is 33.0 Å². The molecule has 0 aliphatic heterocycles. The first kappa shape index (κ1) is 82.2. The van der Waals surface area contributed by atoms with Crippen molar-refractivity contribution in [1.82, 2.24) is 0 Å². The van der Waals surface area contributed by atoms with E-state index in [1.165, 1.54) is 56.1 Å². The molecule has 0 heterocycles. The van der Waals surface area contributed by atoms with E-state index in [1.54, 1.807) is 13.8 Å². The molecule has 0 aromatic carbocycles. The zero-order valence-corrected chi connectivity index (χ0v) is 40.0. The Labute approximate surface area is 418 Å². The van der Waals surface area contributed by atoms with Crippen molar-refractivity contribution >= 4 is 59.9 Å². The van der Waals surface area contributed by atoms with Crippen molar-refractivity contribution in [2.75, 3.05) is 121 Å². The highest BCUT2D eigenvalue weighted by Gasteiger charge is 2.20. The number of hydrogen-bond donors (Lipinski definition) is 1. The van der Waals surface area contributed by atoms with Crippen molar-refractivity contribution in [3.63, 3.8) is 0 Å². The van der Waals surface area contributed by atoms with E-state index in [0.717, 1.165) is 0 Å². The number of aliphatic hydroxyl groups is 1. The highest BCUT2D eigenvalue weighted by Crippen LogP contribution is 2.01. The maximum absolute atomic E-state index is 11.1. The molecule has 0 saturated heterocycles. The molecule has 4 unspecified atom stereocenters. The van der Waals surface area contributed by atoms with Gasteiger partial charge >= 0.3 is 36.7 Å². The molecule has 0 amide bonds. The van der Waals surface area contributed by atoms with Crippen LogP contribution in [-0.2, 0) is 99.8 Å². The number of ketones is 4. The molecule has 0 fully saturated rings. The Kier molecular flexibility index (Phi) is 65.8. The minimum Gasteiger partial charge on any atom is -0.456 e. The Bertz CT molecular complexity index is 1400. The van der Waals surface area contributed by atoms with Crippen LogP contribution in [0.5, 0.6) is 0 Å². The normalized spacial score (nSPS) is 11.0. The minimum atomic E-state index is -1.02. The number of Topliss-reactive ketones (excluding diaryl/α,β-unsaturated/α-hetero) is 4. The van der Waals surface area contributed by atoms with Crippen LogP contribution in [0.25, 0.3) is 0 Å².